The number of carbonyl (C=O) groups is 1. The number of nitrogens with two attached hydrogens (primary N) is 1. The van der Waals surface area contributed by atoms with Crippen molar-refractivity contribution in [1.29, 1.82) is 11.1 Å². The Bertz CT molecular complexity index is 963. The van der Waals surface area contributed by atoms with Gasteiger partial charge in [0.2, 0.25) is 0 Å². The van der Waals surface area contributed by atoms with Crippen LogP contribution in [-0.2, 0) is 4.79 Å². The van der Waals surface area contributed by atoms with E-state index in [2.05, 4.69) is 15.3 Å². The predicted octanol–water partition coefficient (Wildman–Crippen LogP) is 5.24. The molecule has 1 aromatic rings. The molecule has 156 valence electrons. The quantitative estimate of drug-likeness (QED) is 0.360. The summed E-state index contributed by atoms with van der Waals surface area (Å²) in [5.41, 5.74) is 17.0. The molecule has 30 heavy (non-hydrogen) atoms. The lowest BCUT2D eigenvalue weighted by atomic mass is 9.55. The van der Waals surface area contributed by atoms with Crippen LogP contribution in [-0.4, -0.2) is 17.0 Å². The standard InChI is InChI=1S/C23H28N6O/c24-27-18-17(16-4-2-1-3-5-16)22(20(30)19(18)28-25)10-12-23(29-26,13-11-22)21-8-6-15(14-21)7-9-21/h1-5,15,24,26H,6-14,25H2. The van der Waals surface area contributed by atoms with Gasteiger partial charge in [0.05, 0.1) is 11.0 Å². The van der Waals surface area contributed by atoms with Crippen LogP contribution < -0.4 is 5.84 Å². The maximum Gasteiger partial charge on any atom is 0.195 e. The number of nitrogens with one attached hydrogen (secondary N) is 2. The van der Waals surface area contributed by atoms with Crippen LogP contribution >= 0.6 is 0 Å². The summed E-state index contributed by atoms with van der Waals surface area (Å²) in [7, 11) is 0. The molecule has 7 heteroatoms. The van der Waals surface area contributed by atoms with Crippen LogP contribution in [0.1, 0.15) is 63.4 Å². The molecule has 7 nitrogen and oxygen atoms in total. The topological polar surface area (TPSA) is 128 Å². The molecule has 1 spiro atoms. The minimum Gasteiger partial charge on any atom is -0.323 e. The summed E-state index contributed by atoms with van der Waals surface area (Å²) in [5.74, 6) is 6.25. The van der Waals surface area contributed by atoms with Gasteiger partial charge in [-0.25, -0.2) is 11.1 Å². The van der Waals surface area contributed by atoms with E-state index in [0.717, 1.165) is 29.9 Å². The normalized spacial score (nSPS) is 39.3. The number of fused-ring (bicyclic) bond motifs is 2. The zero-order valence-electron chi connectivity index (χ0n) is 17.2. The molecule has 0 aromatic heterocycles. The number of carbonyl (C=O) groups excluding carboxylic acids is 1. The van der Waals surface area contributed by atoms with Crippen LogP contribution in [0.15, 0.2) is 51.4 Å². The van der Waals surface area contributed by atoms with Gasteiger partial charge < -0.3 is 5.84 Å². The van der Waals surface area contributed by atoms with Crippen molar-refractivity contribution in [2.24, 2.45) is 37.9 Å². The smallest absolute Gasteiger partial charge is 0.195 e. The van der Waals surface area contributed by atoms with Gasteiger partial charge in [0, 0.05) is 5.57 Å². The second-order valence-electron chi connectivity index (χ2n) is 9.66. The number of allylic oxidation sites excluding steroid dienone is 2. The zero-order valence-corrected chi connectivity index (χ0v) is 17.2. The van der Waals surface area contributed by atoms with Crippen molar-refractivity contribution in [3.63, 3.8) is 0 Å². The van der Waals surface area contributed by atoms with Crippen LogP contribution in [0.2, 0.25) is 0 Å². The lowest BCUT2D eigenvalue weighted by Gasteiger charge is -2.50. The summed E-state index contributed by atoms with van der Waals surface area (Å²) >= 11 is 0. The molecule has 0 amide bonds. The fourth-order valence-electron chi connectivity index (χ4n) is 7.21. The van der Waals surface area contributed by atoms with Gasteiger partial charge in [0.15, 0.2) is 11.5 Å². The van der Waals surface area contributed by atoms with E-state index < -0.39 is 5.41 Å². The molecule has 0 heterocycles. The summed E-state index contributed by atoms with van der Waals surface area (Å²) < 4.78 is 0. The molecule has 4 aliphatic rings. The molecule has 4 N–H and O–H groups in total. The van der Waals surface area contributed by atoms with Gasteiger partial charge >= 0.3 is 0 Å². The number of hydrogen-bond acceptors (Lipinski definition) is 7. The third-order valence-corrected chi connectivity index (χ3v) is 8.77. The molecule has 0 aliphatic heterocycles. The number of hydrazone groups is 1. The molecule has 4 aliphatic carbocycles. The number of rotatable bonds is 4. The first-order valence-corrected chi connectivity index (χ1v) is 10.9. The van der Waals surface area contributed by atoms with Crippen LogP contribution in [0.4, 0.5) is 0 Å². The average molecular weight is 405 g/mol. The predicted molar refractivity (Wildman–Crippen MR) is 113 cm³/mol. The summed E-state index contributed by atoms with van der Waals surface area (Å²) in [6, 6.07) is 9.72. The molecule has 0 saturated heterocycles. The highest BCUT2D eigenvalue weighted by Gasteiger charge is 2.63. The Morgan fingerprint density at radius 2 is 1.63 bits per heavy atom. The first-order chi connectivity index (χ1) is 14.5. The molecular weight excluding hydrogens is 376 g/mol. The molecule has 1 aromatic carbocycles. The Balaban J connectivity index is 1.57. The zero-order chi connectivity index (χ0) is 21.0. The first kappa shape index (κ1) is 19.3. The molecule has 3 saturated carbocycles. The molecule has 0 unspecified atom stereocenters. The average Bonchev–Trinajstić information content (AvgIpc) is 3.48. The van der Waals surface area contributed by atoms with Crippen LogP contribution in [0.5, 0.6) is 0 Å². The minimum absolute atomic E-state index is 0.110. The summed E-state index contributed by atoms with van der Waals surface area (Å²) in [5, 5.41) is 11.8. The van der Waals surface area contributed by atoms with Crippen molar-refractivity contribution in [1.82, 2.24) is 0 Å². The van der Waals surface area contributed by atoms with Crippen molar-refractivity contribution in [2.45, 2.75) is 63.3 Å². The van der Waals surface area contributed by atoms with Gasteiger partial charge in [-0.2, -0.15) is 15.3 Å². The Kier molecular flexibility index (Phi) is 4.27. The van der Waals surface area contributed by atoms with E-state index in [1.165, 1.54) is 19.3 Å². The van der Waals surface area contributed by atoms with E-state index >= 15 is 0 Å². The van der Waals surface area contributed by atoms with Crippen molar-refractivity contribution in [3.05, 3.63) is 41.6 Å². The number of ketones is 1. The summed E-state index contributed by atoms with van der Waals surface area (Å²) in [6.45, 7) is 0. The first-order valence-electron chi connectivity index (χ1n) is 10.9. The Morgan fingerprint density at radius 1 is 0.967 bits per heavy atom. The van der Waals surface area contributed by atoms with Gasteiger partial charge in [0.1, 0.15) is 5.70 Å². The van der Waals surface area contributed by atoms with E-state index in [9.17, 15) is 4.79 Å². The summed E-state index contributed by atoms with van der Waals surface area (Å²) in [6.07, 6.45) is 8.64. The highest BCUT2D eigenvalue weighted by Crippen LogP contribution is 2.67. The molecule has 3 fully saturated rings. The Labute approximate surface area is 176 Å². The highest BCUT2D eigenvalue weighted by atomic mass is 16.1. The third kappa shape index (κ3) is 2.32. The third-order valence-electron chi connectivity index (χ3n) is 8.77. The van der Waals surface area contributed by atoms with Crippen LogP contribution in [0.3, 0.4) is 0 Å². The second kappa shape index (κ2) is 6.65. The van der Waals surface area contributed by atoms with E-state index in [1.54, 1.807) is 0 Å². The van der Waals surface area contributed by atoms with Gasteiger partial charge in [-0.1, -0.05) is 30.3 Å². The van der Waals surface area contributed by atoms with E-state index in [1.807, 2.05) is 30.3 Å². The summed E-state index contributed by atoms with van der Waals surface area (Å²) in [4.78, 5) is 13.6. The van der Waals surface area contributed by atoms with Crippen LogP contribution in [0.25, 0.3) is 5.57 Å². The van der Waals surface area contributed by atoms with Gasteiger partial charge in [0.25, 0.3) is 0 Å². The molecular formula is C23H28N6O. The monoisotopic (exact) mass is 404 g/mol. The number of benzene rings is 1. The largest absolute Gasteiger partial charge is 0.323 e. The fourth-order valence-corrected chi connectivity index (χ4v) is 7.21. The number of hydrogen-bond donors (Lipinski definition) is 3. The number of nitrogens with zero attached hydrogens (tertiary/aromatic N) is 3. The van der Waals surface area contributed by atoms with Crippen molar-refractivity contribution < 1.29 is 4.79 Å². The highest BCUT2D eigenvalue weighted by molar-refractivity contribution is 6.54. The van der Waals surface area contributed by atoms with Crippen molar-refractivity contribution in [3.8, 4) is 0 Å². The van der Waals surface area contributed by atoms with Gasteiger partial charge in [-0.15, -0.1) is 0 Å². The van der Waals surface area contributed by atoms with Crippen molar-refractivity contribution in [2.75, 3.05) is 0 Å². The Hall–Kier alpha value is -2.70. The second-order valence-corrected chi connectivity index (χ2v) is 9.66. The maximum atomic E-state index is 13.6. The fraction of sp³-hybridized carbons (Fsp3) is 0.565. The molecule has 5 rings (SSSR count). The minimum atomic E-state index is -0.777. The van der Waals surface area contributed by atoms with Gasteiger partial charge in [-0.05, 0) is 74.7 Å². The molecule has 0 atom stereocenters. The van der Waals surface area contributed by atoms with Crippen molar-refractivity contribution >= 4 is 17.1 Å². The Morgan fingerprint density at radius 3 is 2.13 bits per heavy atom. The van der Waals surface area contributed by atoms with Gasteiger partial charge in [-0.3, -0.25) is 4.79 Å². The van der Waals surface area contributed by atoms with E-state index in [-0.39, 0.29) is 22.4 Å². The number of Topliss-reactive ketones (excluding diaryl/α,β-unsaturated/α-hetero) is 1. The lowest BCUT2D eigenvalue weighted by molar-refractivity contribution is -0.121. The molecule has 2 bridgehead atoms. The lowest BCUT2D eigenvalue weighted by Crippen LogP contribution is -2.50. The maximum absolute atomic E-state index is 13.6. The van der Waals surface area contributed by atoms with E-state index in [0.29, 0.717) is 31.4 Å². The SMILES string of the molecule is N=NC1=C(c2ccccc2)C2(CCC(N=N)(C34CCC(CC3)C4)CC2)C(=O)C1=NN. The molecule has 0 radical (unpaired) electrons. The van der Waals surface area contributed by atoms with E-state index in [4.69, 9.17) is 16.9 Å². The van der Waals surface area contributed by atoms with Crippen LogP contribution in [0, 0.1) is 27.8 Å².